The first-order chi connectivity index (χ1) is 13.1. The van der Waals surface area contributed by atoms with Gasteiger partial charge in [0.25, 0.3) is 5.56 Å². The van der Waals surface area contributed by atoms with Gasteiger partial charge in [-0.15, -0.1) is 0 Å². The molecule has 1 saturated carbocycles. The highest BCUT2D eigenvalue weighted by Gasteiger charge is 2.22. The average molecular weight is 364 g/mol. The Balaban J connectivity index is 1.99. The molecule has 4 rings (SSSR count). The predicted molar refractivity (Wildman–Crippen MR) is 105 cm³/mol. The van der Waals surface area contributed by atoms with Gasteiger partial charge in [0.2, 0.25) is 5.88 Å². The molecule has 0 unspecified atom stereocenters. The lowest BCUT2D eigenvalue weighted by atomic mass is 9.94. The van der Waals surface area contributed by atoms with E-state index in [2.05, 4.69) is 15.0 Å². The minimum absolute atomic E-state index is 0.00105. The number of nitrogens with zero attached hydrogens (tertiary/aromatic N) is 4. The zero-order chi connectivity index (χ0) is 19.0. The maximum absolute atomic E-state index is 13.5. The number of fused-ring (bicyclic) bond motifs is 1. The Morgan fingerprint density at radius 1 is 1.11 bits per heavy atom. The highest BCUT2D eigenvalue weighted by molar-refractivity contribution is 5.83. The van der Waals surface area contributed by atoms with Gasteiger partial charge in [-0.2, -0.15) is 0 Å². The van der Waals surface area contributed by atoms with Crippen molar-refractivity contribution in [2.24, 2.45) is 0 Å². The van der Waals surface area contributed by atoms with Crippen LogP contribution < -0.4 is 10.3 Å². The van der Waals surface area contributed by atoms with E-state index in [-0.39, 0.29) is 11.6 Å². The highest BCUT2D eigenvalue weighted by Crippen LogP contribution is 2.31. The minimum Gasteiger partial charge on any atom is -0.481 e. The monoisotopic (exact) mass is 364 g/mol. The molecular formula is C21H24N4O2. The van der Waals surface area contributed by atoms with Gasteiger partial charge in [0, 0.05) is 34.8 Å². The van der Waals surface area contributed by atoms with E-state index >= 15 is 0 Å². The van der Waals surface area contributed by atoms with E-state index < -0.39 is 0 Å². The van der Waals surface area contributed by atoms with Gasteiger partial charge in [-0.05, 0) is 38.8 Å². The first-order valence-corrected chi connectivity index (χ1v) is 9.49. The molecule has 0 spiro atoms. The van der Waals surface area contributed by atoms with Gasteiger partial charge >= 0.3 is 0 Å². The number of rotatable bonds is 3. The van der Waals surface area contributed by atoms with E-state index in [1.807, 2.05) is 30.5 Å². The number of hydrogen-bond acceptors (Lipinski definition) is 5. The Hall–Kier alpha value is -2.76. The Morgan fingerprint density at radius 2 is 1.89 bits per heavy atom. The number of ether oxygens (including phenoxy) is 1. The molecule has 0 bridgehead atoms. The van der Waals surface area contributed by atoms with Gasteiger partial charge in [-0.1, -0.05) is 19.3 Å². The summed E-state index contributed by atoms with van der Waals surface area (Å²) in [5, 5.41) is 0.927. The van der Waals surface area contributed by atoms with Gasteiger partial charge in [0.05, 0.1) is 12.8 Å². The Kier molecular flexibility index (Phi) is 4.64. The van der Waals surface area contributed by atoms with Crippen molar-refractivity contribution in [3.8, 4) is 17.0 Å². The molecular weight excluding hydrogens is 340 g/mol. The second-order valence-electron chi connectivity index (χ2n) is 7.21. The second-order valence-corrected chi connectivity index (χ2v) is 7.21. The fraction of sp³-hybridized carbons (Fsp3) is 0.429. The van der Waals surface area contributed by atoms with E-state index in [0.29, 0.717) is 17.3 Å². The molecule has 1 aliphatic carbocycles. The smallest absolute Gasteiger partial charge is 0.260 e. The van der Waals surface area contributed by atoms with Crippen LogP contribution in [0.4, 0.5) is 0 Å². The summed E-state index contributed by atoms with van der Waals surface area (Å²) in [6.07, 6.45) is 7.25. The summed E-state index contributed by atoms with van der Waals surface area (Å²) < 4.78 is 7.05. The van der Waals surface area contributed by atoms with Crippen LogP contribution in [0.15, 0.2) is 29.2 Å². The third kappa shape index (κ3) is 3.20. The van der Waals surface area contributed by atoms with E-state index in [9.17, 15) is 4.79 Å². The Bertz CT molecular complexity index is 1030. The summed E-state index contributed by atoms with van der Waals surface area (Å²) in [4.78, 5) is 26.9. The zero-order valence-corrected chi connectivity index (χ0v) is 16.0. The molecule has 6 nitrogen and oxygen atoms in total. The van der Waals surface area contributed by atoms with Crippen molar-refractivity contribution in [2.75, 3.05) is 7.11 Å². The first kappa shape index (κ1) is 17.6. The lowest BCUT2D eigenvalue weighted by molar-refractivity contribution is 0.353. The van der Waals surface area contributed by atoms with Gasteiger partial charge < -0.3 is 4.74 Å². The Labute approximate surface area is 158 Å². The molecule has 0 amide bonds. The zero-order valence-electron chi connectivity index (χ0n) is 16.0. The normalized spacial score (nSPS) is 15.2. The SMILES string of the molecule is COc1ccc(-c2cc3c(C)nc(C)nc3n(C3CCCCC3)c2=O)cn1. The first-order valence-electron chi connectivity index (χ1n) is 9.49. The van der Waals surface area contributed by atoms with Crippen molar-refractivity contribution >= 4 is 11.0 Å². The number of hydrogen-bond donors (Lipinski definition) is 0. The van der Waals surface area contributed by atoms with E-state index in [4.69, 9.17) is 4.74 Å². The topological polar surface area (TPSA) is 69.9 Å². The summed E-state index contributed by atoms with van der Waals surface area (Å²) in [7, 11) is 1.58. The van der Waals surface area contributed by atoms with Crippen LogP contribution >= 0.6 is 0 Å². The summed E-state index contributed by atoms with van der Waals surface area (Å²) in [5.41, 5.74) is 3.07. The molecule has 3 aromatic heterocycles. The molecule has 0 aromatic carbocycles. The third-order valence-corrected chi connectivity index (χ3v) is 5.39. The molecule has 1 aliphatic rings. The van der Waals surface area contributed by atoms with Gasteiger partial charge in [0.15, 0.2) is 0 Å². The quantitative estimate of drug-likeness (QED) is 0.703. The molecule has 1 fully saturated rings. The van der Waals surface area contributed by atoms with E-state index in [1.165, 1.54) is 6.42 Å². The van der Waals surface area contributed by atoms with Crippen LogP contribution in [-0.4, -0.2) is 26.6 Å². The van der Waals surface area contributed by atoms with Crippen LogP contribution in [-0.2, 0) is 0 Å². The van der Waals surface area contributed by atoms with Crippen molar-refractivity contribution in [1.82, 2.24) is 19.5 Å². The van der Waals surface area contributed by atoms with E-state index in [0.717, 1.165) is 48.0 Å². The minimum atomic E-state index is -0.00105. The molecule has 0 aliphatic heterocycles. The lowest BCUT2D eigenvalue weighted by Crippen LogP contribution is -2.29. The molecule has 140 valence electrons. The van der Waals surface area contributed by atoms with Crippen LogP contribution in [0.3, 0.4) is 0 Å². The molecule has 6 heteroatoms. The number of aromatic nitrogens is 4. The van der Waals surface area contributed by atoms with Crippen molar-refractivity contribution < 1.29 is 4.74 Å². The van der Waals surface area contributed by atoms with Crippen LogP contribution in [0.25, 0.3) is 22.2 Å². The average Bonchev–Trinajstić information content (AvgIpc) is 2.68. The fourth-order valence-electron chi connectivity index (χ4n) is 4.03. The van der Waals surface area contributed by atoms with Crippen molar-refractivity contribution in [3.63, 3.8) is 0 Å². The highest BCUT2D eigenvalue weighted by atomic mass is 16.5. The summed E-state index contributed by atoms with van der Waals surface area (Å²) in [6, 6.07) is 5.76. The standard InChI is InChI=1S/C21H24N4O2/c1-13-17-11-18(15-9-10-19(27-3)22-12-15)21(26)25(16-7-5-4-6-8-16)20(17)24-14(2)23-13/h9-12,16H,4-8H2,1-3H3. The maximum atomic E-state index is 13.5. The molecule has 0 radical (unpaired) electrons. The molecule has 3 heterocycles. The molecule has 0 saturated heterocycles. The maximum Gasteiger partial charge on any atom is 0.260 e. The predicted octanol–water partition coefficient (Wildman–Crippen LogP) is 3.98. The Morgan fingerprint density at radius 3 is 2.56 bits per heavy atom. The van der Waals surface area contributed by atoms with Crippen LogP contribution in [0, 0.1) is 13.8 Å². The number of aryl methyl sites for hydroxylation is 2. The van der Waals surface area contributed by atoms with Crippen molar-refractivity contribution in [2.45, 2.75) is 52.0 Å². The third-order valence-electron chi connectivity index (χ3n) is 5.39. The molecule has 0 N–H and O–H groups in total. The molecule has 3 aromatic rings. The molecule has 27 heavy (non-hydrogen) atoms. The van der Waals surface area contributed by atoms with Gasteiger partial charge in [-0.25, -0.2) is 15.0 Å². The van der Waals surface area contributed by atoms with Crippen molar-refractivity contribution in [1.29, 1.82) is 0 Å². The lowest BCUT2D eigenvalue weighted by Gasteiger charge is -2.26. The van der Waals surface area contributed by atoms with E-state index in [1.54, 1.807) is 19.4 Å². The second kappa shape index (κ2) is 7.10. The van der Waals surface area contributed by atoms with Crippen LogP contribution in [0.2, 0.25) is 0 Å². The fourth-order valence-corrected chi connectivity index (χ4v) is 4.03. The van der Waals surface area contributed by atoms with Gasteiger partial charge in [0.1, 0.15) is 11.5 Å². The largest absolute Gasteiger partial charge is 0.481 e. The van der Waals surface area contributed by atoms with Crippen LogP contribution in [0.1, 0.15) is 49.7 Å². The summed E-state index contributed by atoms with van der Waals surface area (Å²) in [5.74, 6) is 1.23. The number of methoxy groups -OCH3 is 1. The number of pyridine rings is 2. The van der Waals surface area contributed by atoms with Crippen LogP contribution in [0.5, 0.6) is 5.88 Å². The summed E-state index contributed by atoms with van der Waals surface area (Å²) in [6.45, 7) is 3.85. The van der Waals surface area contributed by atoms with Gasteiger partial charge in [-0.3, -0.25) is 9.36 Å². The van der Waals surface area contributed by atoms with Crippen molar-refractivity contribution in [3.05, 3.63) is 46.3 Å². The summed E-state index contributed by atoms with van der Waals surface area (Å²) >= 11 is 0. The molecule has 0 atom stereocenters.